The summed E-state index contributed by atoms with van der Waals surface area (Å²) in [4.78, 5) is 15.6. The van der Waals surface area contributed by atoms with E-state index in [0.717, 1.165) is 6.42 Å². The SMILES string of the molecule is Cc1nc2ccc(F)cc2c(NCCCOC(C)C)c1CC(=O)O. The Balaban J connectivity index is 2.31. The van der Waals surface area contributed by atoms with Gasteiger partial charge in [-0.15, -0.1) is 0 Å². The quantitative estimate of drug-likeness (QED) is 0.723. The first-order valence-electron chi connectivity index (χ1n) is 8.04. The Morgan fingerprint density at radius 2 is 2.17 bits per heavy atom. The number of carbonyl (C=O) groups is 1. The predicted octanol–water partition coefficient (Wildman–Crippen LogP) is 3.54. The smallest absolute Gasteiger partial charge is 0.307 e. The average molecular weight is 334 g/mol. The molecule has 0 amide bonds. The van der Waals surface area contributed by atoms with Crippen molar-refractivity contribution in [3.05, 3.63) is 35.3 Å². The van der Waals surface area contributed by atoms with Crippen molar-refractivity contribution in [2.24, 2.45) is 0 Å². The average Bonchev–Trinajstić information content (AvgIpc) is 2.49. The number of aromatic nitrogens is 1. The van der Waals surface area contributed by atoms with Crippen molar-refractivity contribution >= 4 is 22.6 Å². The fraction of sp³-hybridized carbons (Fsp3) is 0.444. The van der Waals surface area contributed by atoms with Crippen LogP contribution in [0.2, 0.25) is 0 Å². The van der Waals surface area contributed by atoms with Crippen LogP contribution in [-0.2, 0) is 16.0 Å². The lowest BCUT2D eigenvalue weighted by atomic mass is 10.0. The van der Waals surface area contributed by atoms with Crippen LogP contribution in [0.1, 0.15) is 31.5 Å². The number of nitrogens with one attached hydrogen (secondary N) is 1. The zero-order valence-corrected chi connectivity index (χ0v) is 14.2. The first-order chi connectivity index (χ1) is 11.4. The highest BCUT2D eigenvalue weighted by Gasteiger charge is 2.15. The molecular weight excluding hydrogens is 311 g/mol. The molecule has 0 radical (unpaired) electrons. The summed E-state index contributed by atoms with van der Waals surface area (Å²) in [6, 6.07) is 4.35. The number of fused-ring (bicyclic) bond motifs is 1. The highest BCUT2D eigenvalue weighted by Crippen LogP contribution is 2.29. The molecule has 0 bridgehead atoms. The number of anilines is 1. The maximum absolute atomic E-state index is 13.7. The highest BCUT2D eigenvalue weighted by atomic mass is 19.1. The highest BCUT2D eigenvalue weighted by molar-refractivity contribution is 5.94. The van der Waals surface area contributed by atoms with E-state index >= 15 is 0 Å². The third-order valence-corrected chi connectivity index (χ3v) is 3.66. The number of benzene rings is 1. The molecule has 0 aliphatic rings. The van der Waals surface area contributed by atoms with Crippen molar-refractivity contribution in [1.29, 1.82) is 0 Å². The van der Waals surface area contributed by atoms with Gasteiger partial charge < -0.3 is 15.2 Å². The van der Waals surface area contributed by atoms with Crippen LogP contribution in [0.15, 0.2) is 18.2 Å². The van der Waals surface area contributed by atoms with Crippen LogP contribution in [0.25, 0.3) is 10.9 Å². The molecule has 0 fully saturated rings. The molecule has 0 aliphatic carbocycles. The third-order valence-electron chi connectivity index (χ3n) is 3.66. The Hall–Kier alpha value is -2.21. The van der Waals surface area contributed by atoms with Crippen molar-refractivity contribution in [2.75, 3.05) is 18.5 Å². The van der Waals surface area contributed by atoms with Crippen molar-refractivity contribution in [2.45, 2.75) is 39.7 Å². The Morgan fingerprint density at radius 1 is 1.42 bits per heavy atom. The van der Waals surface area contributed by atoms with Crippen molar-refractivity contribution in [3.63, 3.8) is 0 Å². The molecule has 0 unspecified atom stereocenters. The van der Waals surface area contributed by atoms with Crippen molar-refractivity contribution in [1.82, 2.24) is 4.98 Å². The number of carboxylic acid groups (broad SMARTS) is 1. The van der Waals surface area contributed by atoms with Crippen LogP contribution in [0.3, 0.4) is 0 Å². The molecule has 24 heavy (non-hydrogen) atoms. The number of hydrogen-bond donors (Lipinski definition) is 2. The van der Waals surface area contributed by atoms with Gasteiger partial charge in [0, 0.05) is 35.5 Å². The zero-order chi connectivity index (χ0) is 17.7. The summed E-state index contributed by atoms with van der Waals surface area (Å²) < 4.78 is 19.1. The second-order valence-electron chi connectivity index (χ2n) is 5.98. The lowest BCUT2D eigenvalue weighted by molar-refractivity contribution is -0.136. The van der Waals surface area contributed by atoms with E-state index in [1.807, 2.05) is 13.8 Å². The molecule has 2 rings (SSSR count). The van der Waals surface area contributed by atoms with Gasteiger partial charge in [0.25, 0.3) is 0 Å². The Labute approximate surface area is 140 Å². The van der Waals surface area contributed by atoms with Gasteiger partial charge in [-0.3, -0.25) is 9.78 Å². The molecule has 130 valence electrons. The van der Waals surface area contributed by atoms with E-state index in [0.29, 0.717) is 41.0 Å². The largest absolute Gasteiger partial charge is 0.481 e. The second kappa shape index (κ2) is 8.06. The Morgan fingerprint density at radius 3 is 2.83 bits per heavy atom. The minimum atomic E-state index is -0.943. The van der Waals surface area contributed by atoms with Gasteiger partial charge in [0.2, 0.25) is 0 Å². The number of halogens is 1. The fourth-order valence-electron chi connectivity index (χ4n) is 2.57. The van der Waals surface area contributed by atoms with Gasteiger partial charge in [0.05, 0.1) is 18.0 Å². The monoisotopic (exact) mass is 334 g/mol. The van der Waals surface area contributed by atoms with Crippen LogP contribution < -0.4 is 5.32 Å². The van der Waals surface area contributed by atoms with Gasteiger partial charge in [-0.1, -0.05) is 0 Å². The molecule has 0 aliphatic heterocycles. The number of hydrogen-bond acceptors (Lipinski definition) is 4. The predicted molar refractivity (Wildman–Crippen MR) is 92.0 cm³/mol. The number of aliphatic carboxylic acids is 1. The van der Waals surface area contributed by atoms with Crippen molar-refractivity contribution in [3.8, 4) is 0 Å². The molecule has 0 saturated heterocycles. The van der Waals surface area contributed by atoms with Crippen LogP contribution in [-0.4, -0.2) is 35.3 Å². The van der Waals surface area contributed by atoms with E-state index in [1.165, 1.54) is 12.1 Å². The van der Waals surface area contributed by atoms with Gasteiger partial charge in [-0.05, 0) is 45.4 Å². The van der Waals surface area contributed by atoms with Gasteiger partial charge >= 0.3 is 5.97 Å². The maximum atomic E-state index is 13.7. The normalized spacial score (nSPS) is 11.2. The van der Waals surface area contributed by atoms with Crippen LogP contribution in [0.5, 0.6) is 0 Å². The number of pyridine rings is 1. The first-order valence-corrected chi connectivity index (χ1v) is 8.04. The van der Waals surface area contributed by atoms with Crippen LogP contribution in [0.4, 0.5) is 10.1 Å². The molecule has 1 aromatic carbocycles. The number of ether oxygens (including phenoxy) is 1. The molecule has 0 spiro atoms. The maximum Gasteiger partial charge on any atom is 0.307 e. The summed E-state index contributed by atoms with van der Waals surface area (Å²) in [5.74, 6) is -1.32. The molecule has 1 aromatic heterocycles. The molecule has 5 nitrogen and oxygen atoms in total. The minimum Gasteiger partial charge on any atom is -0.481 e. The number of rotatable bonds is 8. The summed E-state index contributed by atoms with van der Waals surface area (Å²) in [5.41, 5.74) is 2.51. The van der Waals surface area contributed by atoms with E-state index in [1.54, 1.807) is 13.0 Å². The molecule has 6 heteroatoms. The Bertz CT molecular complexity index is 732. The molecule has 2 aromatic rings. The zero-order valence-electron chi connectivity index (χ0n) is 14.2. The van der Waals surface area contributed by atoms with E-state index in [4.69, 9.17) is 9.84 Å². The van der Waals surface area contributed by atoms with E-state index < -0.39 is 5.97 Å². The number of nitrogens with zero attached hydrogens (tertiary/aromatic N) is 1. The van der Waals surface area contributed by atoms with E-state index in [-0.39, 0.29) is 18.3 Å². The second-order valence-corrected chi connectivity index (χ2v) is 5.98. The molecular formula is C18H23FN2O3. The molecule has 0 saturated carbocycles. The Kier molecular flexibility index (Phi) is 6.09. The number of carboxylic acids is 1. The van der Waals surface area contributed by atoms with Gasteiger partial charge in [-0.25, -0.2) is 4.39 Å². The standard InChI is InChI=1S/C18H23FN2O3/c1-11(2)24-8-4-7-20-18-14(10-17(22)23)12(3)21-16-6-5-13(19)9-15(16)18/h5-6,9,11H,4,7-8,10H2,1-3H3,(H,20,21)(H,22,23). The van der Waals surface area contributed by atoms with Crippen LogP contribution >= 0.6 is 0 Å². The summed E-state index contributed by atoms with van der Waals surface area (Å²) in [6.45, 7) is 6.93. The number of aryl methyl sites for hydroxylation is 1. The summed E-state index contributed by atoms with van der Waals surface area (Å²) in [7, 11) is 0. The lowest BCUT2D eigenvalue weighted by Crippen LogP contribution is -2.13. The van der Waals surface area contributed by atoms with Crippen molar-refractivity contribution < 1.29 is 19.0 Å². The minimum absolute atomic E-state index is 0.157. The van der Waals surface area contributed by atoms with Gasteiger partial charge in [0.1, 0.15) is 5.82 Å². The van der Waals surface area contributed by atoms with Crippen LogP contribution in [0, 0.1) is 12.7 Å². The van der Waals surface area contributed by atoms with Gasteiger partial charge in [0.15, 0.2) is 0 Å². The topological polar surface area (TPSA) is 71.5 Å². The fourth-order valence-corrected chi connectivity index (χ4v) is 2.57. The first kappa shape index (κ1) is 18.1. The molecule has 0 atom stereocenters. The van der Waals surface area contributed by atoms with Gasteiger partial charge in [-0.2, -0.15) is 0 Å². The lowest BCUT2D eigenvalue weighted by Gasteiger charge is -2.16. The van der Waals surface area contributed by atoms with E-state index in [9.17, 15) is 9.18 Å². The third kappa shape index (κ3) is 4.64. The van der Waals surface area contributed by atoms with E-state index in [2.05, 4.69) is 10.3 Å². The molecule has 2 N–H and O–H groups in total. The summed E-state index contributed by atoms with van der Waals surface area (Å²) >= 11 is 0. The molecule has 1 heterocycles. The summed E-state index contributed by atoms with van der Waals surface area (Å²) in [5, 5.41) is 13.0. The summed E-state index contributed by atoms with van der Waals surface area (Å²) in [6.07, 6.45) is 0.782.